The molecule has 33 nitrogen and oxygen atoms in total. The van der Waals surface area contributed by atoms with E-state index in [9.17, 15) is 89.0 Å². The van der Waals surface area contributed by atoms with E-state index in [0.29, 0.717) is 55.3 Å². The van der Waals surface area contributed by atoms with E-state index in [0.717, 1.165) is 83.2 Å². The SMILES string of the molecule is C.C.C.CCO.CCO.Nc1ccc(C(=O)Nc2ccc(Sc3ccc(NC(=O)c4ccc(N)cc4Cl)cc3)cc2)c(Cl)c1.Nc1ccc(Sc2ccc(N)cc2)cc1.O=C(Cl)c1ccc([N+](=O)[O-])cc1Cl.O=C(Nc1ccc(Sc2ccc(NC(=O)c3ccc([N+](=O)[O-])cc3Cl)cc2)cc1)c1ccc([N+](=O)[O-])cc1Cl.O=[N+]([O-])c1ccc(F)cc1.O=[N+]([O-])c1ccc(Sc2ccc([N+](=O)[O-])cc2)cc1.S.[Na][Na]. The van der Waals surface area contributed by atoms with Gasteiger partial charge in [0.2, 0.25) is 0 Å². The van der Waals surface area contributed by atoms with E-state index in [1.807, 2.05) is 121 Å². The molecule has 738 valence electrons. The van der Waals surface area contributed by atoms with Crippen LogP contribution >= 0.6 is 130 Å². The molecule has 4 amide bonds. The summed E-state index contributed by atoms with van der Waals surface area (Å²) in [6, 6.07) is 81.5. The third-order valence-corrected chi connectivity index (χ3v) is 22.8. The zero-order valence-electron chi connectivity index (χ0n) is 73.5. The Bertz CT molecular complexity index is 6290. The molecule has 14 N–H and O–H groups in total. The van der Waals surface area contributed by atoms with Gasteiger partial charge in [-0.3, -0.25) is 84.7 Å². The van der Waals surface area contributed by atoms with Crippen molar-refractivity contribution in [1.29, 1.82) is 0 Å². The van der Waals surface area contributed by atoms with Crippen LogP contribution in [0.1, 0.15) is 87.9 Å². The molecular formula is C96H89Cl6FN14Na2O19S5. The molecule has 0 atom stereocenters. The summed E-state index contributed by atoms with van der Waals surface area (Å²) >= 11 is 43.9. The zero-order chi connectivity index (χ0) is 103. The van der Waals surface area contributed by atoms with Crippen LogP contribution in [0.3, 0.4) is 0 Å². The van der Waals surface area contributed by atoms with E-state index in [-0.39, 0.29) is 127 Å². The second-order valence-electron chi connectivity index (χ2n) is 26.8. The van der Waals surface area contributed by atoms with Crippen LogP contribution in [0.4, 0.5) is 84.0 Å². The monoisotopic (exact) mass is 2180 g/mol. The van der Waals surface area contributed by atoms with Gasteiger partial charge >= 0.3 is 43.6 Å². The Kier molecular flexibility index (Phi) is 58.2. The molecule has 0 unspecified atom stereocenters. The number of hydrogen-bond donors (Lipinski definition) is 10. The van der Waals surface area contributed by atoms with Gasteiger partial charge < -0.3 is 54.4 Å². The van der Waals surface area contributed by atoms with Crippen LogP contribution in [0, 0.1) is 66.5 Å². The molecule has 14 aromatic rings. The molecule has 0 radical (unpaired) electrons. The molecule has 14 aromatic carbocycles. The first-order valence-corrected chi connectivity index (χ1v) is 53.6. The molecule has 0 saturated carbocycles. The van der Waals surface area contributed by atoms with Crippen LogP contribution in [0.25, 0.3) is 0 Å². The number of halogens is 7. The van der Waals surface area contributed by atoms with Crippen molar-refractivity contribution in [2.75, 3.05) is 57.4 Å². The topological polar surface area (TPSA) is 537 Å². The van der Waals surface area contributed by atoms with Crippen molar-refractivity contribution in [2.24, 2.45) is 0 Å². The predicted octanol–water partition coefficient (Wildman–Crippen LogP) is 26.6. The first-order chi connectivity index (χ1) is 66.2. The number of benzene rings is 14. The number of non-ortho nitro benzene ring substituents is 6. The van der Waals surface area contributed by atoms with Gasteiger partial charge in [-0.25, -0.2) is 4.39 Å². The van der Waals surface area contributed by atoms with E-state index >= 15 is 0 Å². The van der Waals surface area contributed by atoms with E-state index in [1.165, 1.54) is 138 Å². The Labute approximate surface area is 902 Å². The number of nitrogens with two attached hydrogens (primary N) is 4. The third-order valence-electron chi connectivity index (χ3n) is 17.0. The minimum absolute atomic E-state index is 0. The fourth-order valence-electron chi connectivity index (χ4n) is 10.5. The molecule has 47 heteroatoms. The van der Waals surface area contributed by atoms with Crippen LogP contribution in [-0.2, 0) is 0 Å². The standard InChI is InChI=1S/C26H16Cl2N4O6S.C26H20Cl2N4O2S.C12H8N2O4S.C12H12N2S.C7H3Cl2NO3.C6H4FNO2.2C2H6O.3CH4.2Na.H2S/c27-23-13-17(31(35)36)5-11-21(23)25(33)29-15-1-7-19(8-2-15)39-20-9-3-16(4-10-20)30-26(34)22-12-6-18(32(37)38)14-24(22)28;27-23-13-15(29)1-11-21(23)25(33)31-17-3-7-19(8-4-17)35-20-9-5-18(6-10-20)32-26(34)22-12-2-16(30)14-24(22)28;15-13(16)9-1-5-11(6-2-9)19-12-7-3-10(4-8-12)14(17)18;13-9-1-5-11(6-2-9)15-12-7-3-10(14)4-8-12;8-6-3-4(10(12)13)1-2-5(6)7(9)11;7-5-1-3-6(4-2-5)8(9)10;2*1-2-3;;;;;;/h1-14H,(H,29,33)(H,30,34);1-14H,29-30H2,(H,31,33)(H,32,34);1-8H;1-8H,13-14H2;1-3H;1-4H;2*3H,2H2,1H3;3*1H4;;;1H2. The van der Waals surface area contributed by atoms with Gasteiger partial charge in [0, 0.05) is 171 Å². The Morgan fingerprint density at radius 2 is 0.455 bits per heavy atom. The molecule has 0 aliphatic rings. The van der Waals surface area contributed by atoms with Gasteiger partial charge in [-0.05, 0) is 262 Å². The Balaban J connectivity index is 0.000000601. The Hall–Kier alpha value is -12.4. The van der Waals surface area contributed by atoms with Gasteiger partial charge in [0.05, 0.1) is 82.5 Å². The number of nitrogen functional groups attached to an aromatic ring is 4. The summed E-state index contributed by atoms with van der Waals surface area (Å²) in [5.41, 5.74) is 27.9. The first kappa shape index (κ1) is 127. The van der Waals surface area contributed by atoms with Crippen LogP contribution in [-0.4, -0.2) is 125 Å². The molecule has 14 rings (SSSR count). The molecule has 0 aromatic heterocycles. The van der Waals surface area contributed by atoms with Crippen molar-refractivity contribution in [3.8, 4) is 0 Å². The number of rotatable bonds is 23. The summed E-state index contributed by atoms with van der Waals surface area (Å²) in [6.45, 7) is 3.86. The number of carbonyl (C=O) groups excluding carboxylic acids is 5. The van der Waals surface area contributed by atoms with Gasteiger partial charge in [-0.2, -0.15) is 13.5 Å². The van der Waals surface area contributed by atoms with Crippen LogP contribution in [0.5, 0.6) is 0 Å². The van der Waals surface area contributed by atoms with E-state index in [2.05, 4.69) is 21.3 Å². The number of hydrogen-bond acceptors (Lipinski definition) is 27. The van der Waals surface area contributed by atoms with Gasteiger partial charge in [-0.15, -0.1) is 0 Å². The Morgan fingerprint density at radius 1 is 0.294 bits per heavy atom. The summed E-state index contributed by atoms with van der Waals surface area (Å²) in [4.78, 5) is 128. The fourth-order valence-corrected chi connectivity index (χ4v) is 15.3. The number of nitrogens with zero attached hydrogens (tertiary/aromatic N) is 6. The number of aliphatic hydroxyl groups is 2. The van der Waals surface area contributed by atoms with Crippen molar-refractivity contribution in [3.05, 3.63) is 429 Å². The summed E-state index contributed by atoms with van der Waals surface area (Å²) in [6.07, 6.45) is 0. The minimum atomic E-state index is -0.736. The molecule has 0 spiro atoms. The average molecular weight is 2180 g/mol. The van der Waals surface area contributed by atoms with Gasteiger partial charge in [0.25, 0.3) is 63.0 Å². The van der Waals surface area contributed by atoms with Crippen LogP contribution < -0.4 is 44.2 Å². The quantitative estimate of drug-likeness (QED) is 0.00934. The summed E-state index contributed by atoms with van der Waals surface area (Å²) in [7, 11) is 0. The number of nitro groups is 6. The maximum atomic E-state index is 12.5. The van der Waals surface area contributed by atoms with Crippen molar-refractivity contribution in [3.63, 3.8) is 0 Å². The molecule has 143 heavy (non-hydrogen) atoms. The summed E-state index contributed by atoms with van der Waals surface area (Å²) in [5, 5.41) is 89.0. The van der Waals surface area contributed by atoms with E-state index in [1.54, 1.807) is 122 Å². The Morgan fingerprint density at radius 3 is 0.643 bits per heavy atom. The van der Waals surface area contributed by atoms with Crippen molar-refractivity contribution >= 4 is 282 Å². The molecule has 0 aliphatic carbocycles. The molecule has 0 heterocycles. The summed E-state index contributed by atoms with van der Waals surface area (Å²) < 4.78 is 12.1. The normalized spacial score (nSPS) is 9.70. The number of amides is 4. The number of aliphatic hydroxyl groups excluding tert-OH is 2. The summed E-state index contributed by atoms with van der Waals surface area (Å²) in [5.74, 6) is -2.09. The van der Waals surface area contributed by atoms with Gasteiger partial charge in [0.1, 0.15) is 5.82 Å². The number of nitro benzene ring substituents is 6. The van der Waals surface area contributed by atoms with Crippen molar-refractivity contribution < 1.29 is 68.1 Å². The number of anilines is 8. The molecule has 0 saturated heterocycles. The third kappa shape index (κ3) is 44.1. The van der Waals surface area contributed by atoms with Crippen LogP contribution in [0.2, 0.25) is 25.1 Å². The maximum absolute atomic E-state index is 12.5. The second kappa shape index (κ2) is 65.7. The molecule has 0 bridgehead atoms. The second-order valence-corrected chi connectivity index (χ2v) is 33.8. The predicted molar refractivity (Wildman–Crippen MR) is 579 cm³/mol. The molecular weight excluding hydrogens is 2090 g/mol. The molecule has 0 fully saturated rings. The van der Waals surface area contributed by atoms with E-state index < -0.39 is 52.4 Å². The molecule has 0 aliphatic heterocycles. The van der Waals surface area contributed by atoms with Gasteiger partial charge in [0.15, 0.2) is 0 Å². The number of nitrogens with one attached hydrogen (secondary N) is 4. The van der Waals surface area contributed by atoms with Crippen LogP contribution in [0.15, 0.2) is 349 Å². The van der Waals surface area contributed by atoms with Crippen molar-refractivity contribution in [1.82, 2.24) is 0 Å². The first-order valence-electron chi connectivity index (χ1n) is 40.0. The van der Waals surface area contributed by atoms with E-state index in [4.69, 9.17) is 103 Å². The average Bonchev–Trinajstić information content (AvgIpc) is 0.826. The van der Waals surface area contributed by atoms with Crippen molar-refractivity contribution in [2.45, 2.75) is 75.3 Å². The number of carbonyl (C=O) groups is 5. The zero-order valence-corrected chi connectivity index (χ0v) is 86.3. The van der Waals surface area contributed by atoms with Gasteiger partial charge in [-0.1, -0.05) is 127 Å². The fraction of sp³-hybridized carbons (Fsp3) is 0.0729.